The van der Waals surface area contributed by atoms with Crippen molar-refractivity contribution in [3.05, 3.63) is 111 Å². The lowest BCUT2D eigenvalue weighted by Crippen LogP contribution is -2.30. The average Bonchev–Trinajstić information content (AvgIpc) is 3.30. The van der Waals surface area contributed by atoms with Gasteiger partial charge in [-0.3, -0.25) is 4.79 Å². The van der Waals surface area contributed by atoms with Crippen molar-refractivity contribution in [3.63, 3.8) is 0 Å². The summed E-state index contributed by atoms with van der Waals surface area (Å²) in [6, 6.07) is 21.7. The second kappa shape index (κ2) is 11.9. The van der Waals surface area contributed by atoms with Gasteiger partial charge in [-0.1, -0.05) is 71.4 Å². The summed E-state index contributed by atoms with van der Waals surface area (Å²) in [5, 5.41) is 7.76. The van der Waals surface area contributed by atoms with Crippen LogP contribution in [0.15, 0.2) is 94.4 Å². The van der Waals surface area contributed by atoms with Gasteiger partial charge in [0, 0.05) is 26.9 Å². The molecule has 1 heterocycles. The van der Waals surface area contributed by atoms with E-state index in [-0.39, 0.29) is 17.9 Å². The van der Waals surface area contributed by atoms with E-state index in [4.69, 9.17) is 28.3 Å². The molecule has 5 rings (SSSR count). The van der Waals surface area contributed by atoms with Gasteiger partial charge in [-0.2, -0.15) is 13.9 Å². The van der Waals surface area contributed by atoms with Crippen LogP contribution in [0.4, 0.5) is 8.78 Å². The van der Waals surface area contributed by atoms with Gasteiger partial charge in [-0.15, -0.1) is 0 Å². The van der Waals surface area contributed by atoms with Gasteiger partial charge >= 0.3 is 0 Å². The van der Waals surface area contributed by atoms with E-state index in [1.165, 1.54) is 6.08 Å². The maximum Gasteiger partial charge on any atom is 0.288 e. The lowest BCUT2D eigenvalue weighted by molar-refractivity contribution is -0.128. The number of thioether (sulfide) groups is 1. The SMILES string of the molecule is O=C(/C=C/c1ccc(SC(F)F)cc1)N1N=C2/C(=C/c3ccc(Cl)cc3)CCCC2C1c1ccc(Cl)cc1. The zero-order valence-corrected chi connectivity index (χ0v) is 22.6. The highest BCUT2D eigenvalue weighted by Gasteiger charge is 2.43. The van der Waals surface area contributed by atoms with E-state index in [1.807, 2.05) is 48.5 Å². The molecule has 0 saturated heterocycles. The van der Waals surface area contributed by atoms with E-state index in [2.05, 4.69) is 6.08 Å². The number of halogens is 4. The number of allylic oxidation sites excluding steroid dienone is 1. The molecule has 0 aromatic heterocycles. The van der Waals surface area contributed by atoms with Crippen LogP contribution in [0.1, 0.15) is 42.0 Å². The molecule has 2 atom stereocenters. The molecule has 3 aromatic rings. The first-order valence-electron chi connectivity index (χ1n) is 12.2. The molecule has 3 nitrogen and oxygen atoms in total. The number of carbonyl (C=O) groups excluding carboxylic acids is 1. The minimum Gasteiger partial charge on any atom is -0.268 e. The molecule has 38 heavy (non-hydrogen) atoms. The zero-order valence-electron chi connectivity index (χ0n) is 20.2. The van der Waals surface area contributed by atoms with Gasteiger partial charge in [0.2, 0.25) is 0 Å². The smallest absolute Gasteiger partial charge is 0.268 e. The van der Waals surface area contributed by atoms with E-state index in [1.54, 1.807) is 35.4 Å². The molecule has 0 spiro atoms. The largest absolute Gasteiger partial charge is 0.288 e. The summed E-state index contributed by atoms with van der Waals surface area (Å²) >= 11 is 12.7. The summed E-state index contributed by atoms with van der Waals surface area (Å²) in [5.74, 6) is -2.66. The third-order valence-corrected chi connectivity index (χ3v) is 7.90. The lowest BCUT2D eigenvalue weighted by Gasteiger charge is -2.29. The lowest BCUT2D eigenvalue weighted by atomic mass is 9.77. The Morgan fingerprint density at radius 1 is 0.947 bits per heavy atom. The Kier molecular flexibility index (Phi) is 8.32. The molecule has 1 saturated carbocycles. The monoisotopic (exact) mass is 568 g/mol. The number of fused-ring (bicyclic) bond motifs is 1. The van der Waals surface area contributed by atoms with Crippen molar-refractivity contribution in [2.45, 2.75) is 36.0 Å². The van der Waals surface area contributed by atoms with Crippen molar-refractivity contribution in [2.24, 2.45) is 11.0 Å². The molecule has 3 aromatic carbocycles. The molecule has 1 aliphatic carbocycles. The Balaban J connectivity index is 1.45. The zero-order chi connectivity index (χ0) is 26.6. The Morgan fingerprint density at radius 2 is 1.58 bits per heavy atom. The van der Waals surface area contributed by atoms with E-state index < -0.39 is 5.76 Å². The second-order valence-electron chi connectivity index (χ2n) is 9.17. The van der Waals surface area contributed by atoms with Gasteiger partial charge in [0.1, 0.15) is 0 Å². The van der Waals surface area contributed by atoms with Gasteiger partial charge < -0.3 is 0 Å². The van der Waals surface area contributed by atoms with Crippen LogP contribution in [-0.4, -0.2) is 22.4 Å². The van der Waals surface area contributed by atoms with Gasteiger partial charge in [0.25, 0.3) is 11.7 Å². The normalized spacial score (nSPS) is 20.3. The van der Waals surface area contributed by atoms with E-state index in [0.29, 0.717) is 26.7 Å². The maximum absolute atomic E-state index is 13.5. The summed E-state index contributed by atoms with van der Waals surface area (Å²) in [5.41, 5.74) is 4.80. The fourth-order valence-corrected chi connectivity index (χ4v) is 5.69. The Bertz CT molecular complexity index is 1390. The summed E-state index contributed by atoms with van der Waals surface area (Å²) in [6.07, 6.45) is 8.09. The average molecular weight is 570 g/mol. The van der Waals surface area contributed by atoms with Crippen LogP contribution in [-0.2, 0) is 4.79 Å². The number of amides is 1. The fourth-order valence-electron chi connectivity index (χ4n) is 4.94. The third-order valence-electron chi connectivity index (χ3n) is 6.67. The second-order valence-corrected chi connectivity index (χ2v) is 11.1. The van der Waals surface area contributed by atoms with E-state index in [0.717, 1.165) is 47.2 Å². The maximum atomic E-state index is 13.5. The van der Waals surface area contributed by atoms with Crippen molar-refractivity contribution in [1.82, 2.24) is 5.01 Å². The first kappa shape index (κ1) is 26.7. The highest BCUT2D eigenvalue weighted by Crippen LogP contribution is 2.44. The first-order chi connectivity index (χ1) is 18.4. The highest BCUT2D eigenvalue weighted by atomic mass is 35.5. The Labute approximate surface area is 234 Å². The van der Waals surface area contributed by atoms with Crippen LogP contribution in [0, 0.1) is 5.92 Å². The van der Waals surface area contributed by atoms with Gasteiger partial charge in [0.05, 0.1) is 11.8 Å². The summed E-state index contributed by atoms with van der Waals surface area (Å²) in [7, 11) is 0. The Morgan fingerprint density at radius 3 is 2.24 bits per heavy atom. The first-order valence-corrected chi connectivity index (χ1v) is 13.9. The third kappa shape index (κ3) is 6.20. The molecule has 1 aliphatic heterocycles. The van der Waals surface area contributed by atoms with E-state index >= 15 is 0 Å². The predicted molar refractivity (Wildman–Crippen MR) is 153 cm³/mol. The molecule has 2 aliphatic rings. The summed E-state index contributed by atoms with van der Waals surface area (Å²) in [4.78, 5) is 14.0. The number of nitrogens with zero attached hydrogens (tertiary/aromatic N) is 2. The molecular weight excluding hydrogens is 545 g/mol. The number of rotatable bonds is 6. The van der Waals surface area contributed by atoms with Crippen molar-refractivity contribution < 1.29 is 13.6 Å². The van der Waals surface area contributed by atoms with Crippen LogP contribution in [0.2, 0.25) is 10.0 Å². The predicted octanol–water partition coefficient (Wildman–Crippen LogP) is 9.14. The van der Waals surface area contributed by atoms with Gasteiger partial charge in [-0.05, 0) is 90.1 Å². The number of carbonyl (C=O) groups is 1. The van der Waals surface area contributed by atoms with Crippen LogP contribution >= 0.6 is 35.0 Å². The fraction of sp³-hybridized carbons (Fsp3) is 0.200. The van der Waals surface area contributed by atoms with E-state index in [9.17, 15) is 13.6 Å². The Hall–Kier alpha value is -2.93. The molecule has 8 heteroatoms. The van der Waals surface area contributed by atoms with Crippen molar-refractivity contribution >= 4 is 58.7 Å². The van der Waals surface area contributed by atoms with Crippen molar-refractivity contribution in [3.8, 4) is 0 Å². The standard InChI is InChI=1S/C30H24Cl2F2N2OS/c31-23-11-4-20(5-12-23)18-22-2-1-3-26-28(22)35-36(29(26)21-9-13-24(32)14-10-21)27(37)17-8-19-6-15-25(16-7-19)38-30(33)34/h4-18,26,29-30H,1-3H2/b17-8+,22-18+. The number of hydrazone groups is 1. The molecule has 0 N–H and O–H groups in total. The summed E-state index contributed by atoms with van der Waals surface area (Å²) in [6.45, 7) is 0. The highest BCUT2D eigenvalue weighted by molar-refractivity contribution is 7.99. The number of hydrogen-bond donors (Lipinski definition) is 0. The minimum absolute atomic E-state index is 0.0616. The van der Waals surface area contributed by atoms with Crippen LogP contribution < -0.4 is 0 Å². The number of benzene rings is 3. The topological polar surface area (TPSA) is 32.7 Å². The molecular formula is C30H24Cl2F2N2OS. The summed E-state index contributed by atoms with van der Waals surface area (Å²) < 4.78 is 25.2. The van der Waals surface area contributed by atoms with Gasteiger partial charge in [0.15, 0.2) is 0 Å². The minimum atomic E-state index is -2.47. The van der Waals surface area contributed by atoms with Crippen LogP contribution in [0.5, 0.6) is 0 Å². The molecule has 0 radical (unpaired) electrons. The number of alkyl halides is 2. The van der Waals surface area contributed by atoms with Crippen LogP contribution in [0.3, 0.4) is 0 Å². The van der Waals surface area contributed by atoms with Crippen molar-refractivity contribution in [2.75, 3.05) is 0 Å². The van der Waals surface area contributed by atoms with Crippen molar-refractivity contribution in [1.29, 1.82) is 0 Å². The molecule has 0 bridgehead atoms. The quantitative estimate of drug-likeness (QED) is 0.219. The van der Waals surface area contributed by atoms with Crippen LogP contribution in [0.25, 0.3) is 12.2 Å². The number of hydrogen-bond acceptors (Lipinski definition) is 3. The molecule has 2 unspecified atom stereocenters. The molecule has 1 fully saturated rings. The molecule has 1 amide bonds. The van der Waals surface area contributed by atoms with Gasteiger partial charge in [-0.25, -0.2) is 5.01 Å². The molecule has 194 valence electrons.